The molecule has 4 nitrogen and oxygen atoms in total. The lowest BCUT2D eigenvalue weighted by Crippen LogP contribution is -1.99. The zero-order valence-corrected chi connectivity index (χ0v) is 12.2. The van der Waals surface area contributed by atoms with Crippen LogP contribution in [-0.2, 0) is 4.79 Å². The molecular weight excluding hydrogens is 264 g/mol. The van der Waals surface area contributed by atoms with Crippen LogP contribution < -0.4 is 0 Å². The van der Waals surface area contributed by atoms with Crippen molar-refractivity contribution in [1.82, 2.24) is 9.55 Å². The maximum atomic E-state index is 11.1. The third-order valence-corrected chi connectivity index (χ3v) is 3.19. The Morgan fingerprint density at radius 3 is 2.71 bits per heavy atom. The van der Waals surface area contributed by atoms with Crippen molar-refractivity contribution < 1.29 is 9.90 Å². The summed E-state index contributed by atoms with van der Waals surface area (Å²) in [5, 5.41) is 9.14. The molecule has 0 amide bonds. The van der Waals surface area contributed by atoms with E-state index in [1.165, 1.54) is 0 Å². The second kappa shape index (κ2) is 6.22. The Hall–Kier alpha value is -2.62. The SMILES string of the molecule is C=CC/C(=C\c1ccc(-n2cnc(C)c2)c(C)c1)C(=O)O. The summed E-state index contributed by atoms with van der Waals surface area (Å²) in [5.41, 5.74) is 4.25. The predicted octanol–water partition coefficient (Wildman–Crippen LogP) is 3.53. The topological polar surface area (TPSA) is 55.1 Å². The molecule has 0 aliphatic heterocycles. The summed E-state index contributed by atoms with van der Waals surface area (Å²) >= 11 is 0. The predicted molar refractivity (Wildman–Crippen MR) is 83.5 cm³/mol. The molecule has 0 bridgehead atoms. The molecule has 1 N–H and O–H groups in total. The van der Waals surface area contributed by atoms with E-state index in [0.717, 1.165) is 22.5 Å². The Kier molecular flexibility index (Phi) is 4.38. The number of hydrogen-bond acceptors (Lipinski definition) is 2. The van der Waals surface area contributed by atoms with Gasteiger partial charge in [0.2, 0.25) is 0 Å². The van der Waals surface area contributed by atoms with Crippen LogP contribution in [0.25, 0.3) is 11.8 Å². The van der Waals surface area contributed by atoms with Gasteiger partial charge in [0, 0.05) is 17.5 Å². The molecule has 0 aliphatic rings. The maximum Gasteiger partial charge on any atom is 0.331 e. The highest BCUT2D eigenvalue weighted by atomic mass is 16.4. The summed E-state index contributed by atoms with van der Waals surface area (Å²) in [4.78, 5) is 15.4. The quantitative estimate of drug-likeness (QED) is 0.674. The first-order valence-electron chi connectivity index (χ1n) is 6.67. The largest absolute Gasteiger partial charge is 0.478 e. The van der Waals surface area contributed by atoms with Crippen molar-refractivity contribution in [3.05, 3.63) is 65.8 Å². The van der Waals surface area contributed by atoms with Crippen molar-refractivity contribution in [1.29, 1.82) is 0 Å². The first kappa shape index (κ1) is 14.8. The van der Waals surface area contributed by atoms with Gasteiger partial charge in [-0.2, -0.15) is 0 Å². The molecule has 0 atom stereocenters. The number of carbonyl (C=O) groups is 1. The van der Waals surface area contributed by atoms with Gasteiger partial charge in [0.05, 0.1) is 12.0 Å². The monoisotopic (exact) mass is 282 g/mol. The second-order valence-corrected chi connectivity index (χ2v) is 4.94. The lowest BCUT2D eigenvalue weighted by Gasteiger charge is -2.08. The van der Waals surface area contributed by atoms with E-state index in [4.69, 9.17) is 5.11 Å². The highest BCUT2D eigenvalue weighted by Crippen LogP contribution is 2.19. The van der Waals surface area contributed by atoms with Crippen LogP contribution in [-0.4, -0.2) is 20.6 Å². The highest BCUT2D eigenvalue weighted by molar-refractivity contribution is 5.92. The van der Waals surface area contributed by atoms with E-state index < -0.39 is 5.97 Å². The van der Waals surface area contributed by atoms with Gasteiger partial charge < -0.3 is 9.67 Å². The molecule has 0 radical (unpaired) electrons. The van der Waals surface area contributed by atoms with Gasteiger partial charge in [-0.15, -0.1) is 6.58 Å². The van der Waals surface area contributed by atoms with Gasteiger partial charge in [-0.1, -0.05) is 12.1 Å². The fourth-order valence-corrected chi connectivity index (χ4v) is 2.18. The third kappa shape index (κ3) is 3.48. The minimum Gasteiger partial charge on any atom is -0.478 e. The van der Waals surface area contributed by atoms with Crippen molar-refractivity contribution in [2.45, 2.75) is 20.3 Å². The Morgan fingerprint density at radius 1 is 1.43 bits per heavy atom. The summed E-state index contributed by atoms with van der Waals surface area (Å²) < 4.78 is 1.96. The molecule has 0 aliphatic carbocycles. The number of aryl methyl sites for hydroxylation is 2. The minimum atomic E-state index is -0.915. The number of nitrogens with zero attached hydrogens (tertiary/aromatic N) is 2. The van der Waals surface area contributed by atoms with Gasteiger partial charge in [-0.25, -0.2) is 9.78 Å². The third-order valence-electron chi connectivity index (χ3n) is 3.19. The van der Waals surface area contributed by atoms with Crippen LogP contribution >= 0.6 is 0 Å². The fourth-order valence-electron chi connectivity index (χ4n) is 2.18. The summed E-state index contributed by atoms with van der Waals surface area (Å²) in [5.74, 6) is -0.915. The molecule has 0 saturated heterocycles. The Balaban J connectivity index is 2.37. The van der Waals surface area contributed by atoms with Gasteiger partial charge in [0.1, 0.15) is 0 Å². The normalized spacial score (nSPS) is 11.4. The summed E-state index contributed by atoms with van der Waals surface area (Å²) in [6.45, 7) is 7.52. The van der Waals surface area contributed by atoms with Crippen molar-refractivity contribution in [3.63, 3.8) is 0 Å². The zero-order valence-electron chi connectivity index (χ0n) is 12.2. The summed E-state index contributed by atoms with van der Waals surface area (Å²) in [6, 6.07) is 5.84. The molecule has 21 heavy (non-hydrogen) atoms. The smallest absolute Gasteiger partial charge is 0.331 e. The first-order chi connectivity index (χ1) is 10.0. The van der Waals surface area contributed by atoms with Crippen molar-refractivity contribution in [2.24, 2.45) is 0 Å². The Bertz CT molecular complexity index is 711. The van der Waals surface area contributed by atoms with E-state index in [9.17, 15) is 4.79 Å². The van der Waals surface area contributed by atoms with Crippen LogP contribution in [0, 0.1) is 13.8 Å². The molecule has 0 fully saturated rings. The average molecular weight is 282 g/mol. The van der Waals surface area contributed by atoms with E-state index in [1.54, 1.807) is 18.5 Å². The van der Waals surface area contributed by atoms with Crippen LogP contribution in [0.1, 0.15) is 23.2 Å². The van der Waals surface area contributed by atoms with Gasteiger partial charge in [0.15, 0.2) is 0 Å². The number of hydrogen-bond donors (Lipinski definition) is 1. The number of rotatable bonds is 5. The molecule has 0 unspecified atom stereocenters. The number of allylic oxidation sites excluding steroid dienone is 1. The van der Waals surface area contributed by atoms with Gasteiger partial charge >= 0.3 is 5.97 Å². The molecule has 0 spiro atoms. The van der Waals surface area contributed by atoms with Gasteiger partial charge in [-0.05, 0) is 49.6 Å². The van der Waals surface area contributed by atoms with Crippen LogP contribution in [0.15, 0.2) is 49.0 Å². The molecule has 1 aromatic heterocycles. The van der Waals surface area contributed by atoms with Crippen molar-refractivity contribution in [2.75, 3.05) is 0 Å². The maximum absolute atomic E-state index is 11.1. The molecular formula is C17H18N2O2. The van der Waals surface area contributed by atoms with Crippen LogP contribution in [0.3, 0.4) is 0 Å². The molecule has 1 heterocycles. The van der Waals surface area contributed by atoms with E-state index in [2.05, 4.69) is 11.6 Å². The Morgan fingerprint density at radius 2 is 2.19 bits per heavy atom. The lowest BCUT2D eigenvalue weighted by atomic mass is 10.0. The van der Waals surface area contributed by atoms with Gasteiger partial charge in [-0.3, -0.25) is 0 Å². The second-order valence-electron chi connectivity index (χ2n) is 4.94. The number of carboxylic acid groups (broad SMARTS) is 1. The average Bonchev–Trinajstić information content (AvgIpc) is 2.84. The molecule has 4 heteroatoms. The number of aliphatic carboxylic acids is 1. The highest BCUT2D eigenvalue weighted by Gasteiger charge is 2.07. The van der Waals surface area contributed by atoms with Crippen LogP contribution in [0.4, 0.5) is 0 Å². The molecule has 2 aromatic rings. The number of benzene rings is 1. The number of carboxylic acids is 1. The zero-order chi connectivity index (χ0) is 15.4. The first-order valence-corrected chi connectivity index (χ1v) is 6.67. The fraction of sp³-hybridized carbons (Fsp3) is 0.176. The molecule has 2 rings (SSSR count). The standard InChI is InChI=1S/C17H18N2O2/c1-4-5-15(17(20)21)9-14-6-7-16(12(2)8-14)19-10-13(3)18-11-19/h4,6-11H,1,5H2,2-3H3,(H,20,21)/b15-9+. The minimum absolute atomic E-state index is 0.329. The molecule has 0 saturated carbocycles. The van der Waals surface area contributed by atoms with E-state index in [0.29, 0.717) is 12.0 Å². The van der Waals surface area contributed by atoms with Crippen LogP contribution in [0.5, 0.6) is 0 Å². The lowest BCUT2D eigenvalue weighted by molar-refractivity contribution is -0.132. The van der Waals surface area contributed by atoms with Crippen molar-refractivity contribution in [3.8, 4) is 5.69 Å². The number of imidazole rings is 1. The summed E-state index contributed by atoms with van der Waals surface area (Å²) in [7, 11) is 0. The number of aromatic nitrogens is 2. The summed E-state index contributed by atoms with van der Waals surface area (Å²) in [6.07, 6.45) is 7.35. The van der Waals surface area contributed by atoms with Gasteiger partial charge in [0.25, 0.3) is 0 Å². The van der Waals surface area contributed by atoms with Crippen molar-refractivity contribution >= 4 is 12.0 Å². The Labute approximate surface area is 124 Å². The van der Waals surface area contributed by atoms with E-state index in [-0.39, 0.29) is 0 Å². The molecule has 108 valence electrons. The van der Waals surface area contributed by atoms with Crippen LogP contribution in [0.2, 0.25) is 0 Å². The van der Waals surface area contributed by atoms with E-state index >= 15 is 0 Å². The van der Waals surface area contributed by atoms with E-state index in [1.807, 2.05) is 42.8 Å². The molecule has 1 aromatic carbocycles.